The van der Waals surface area contributed by atoms with Crippen LogP contribution in [-0.2, 0) is 0 Å². The third-order valence-corrected chi connectivity index (χ3v) is 6.96. The number of halogens is 2. The summed E-state index contributed by atoms with van der Waals surface area (Å²) in [7, 11) is 0. The standard InChI is InChI=1S/C18H17F2NOS2/c1-11(14-6-7-15(19)16(20)10-14)21-17(22)12-2-4-13(5-3-12)18-23-8-9-24-18/h2-7,10-11,18H,8-9H2,1H3,(H,21,22)/t11-/m1/s1. The summed E-state index contributed by atoms with van der Waals surface area (Å²) in [5.41, 5.74) is 2.30. The Morgan fingerprint density at radius 3 is 2.38 bits per heavy atom. The smallest absolute Gasteiger partial charge is 0.251 e. The van der Waals surface area contributed by atoms with Gasteiger partial charge in [0.25, 0.3) is 5.91 Å². The van der Waals surface area contributed by atoms with Crippen molar-refractivity contribution in [1.29, 1.82) is 0 Å². The molecule has 2 aromatic rings. The van der Waals surface area contributed by atoms with Crippen LogP contribution in [0.4, 0.5) is 8.78 Å². The lowest BCUT2D eigenvalue weighted by Crippen LogP contribution is -2.26. The Balaban J connectivity index is 1.66. The van der Waals surface area contributed by atoms with Gasteiger partial charge in [-0.15, -0.1) is 23.5 Å². The van der Waals surface area contributed by atoms with Crippen LogP contribution in [0.25, 0.3) is 0 Å². The Bertz CT molecular complexity index is 730. The molecule has 0 spiro atoms. The van der Waals surface area contributed by atoms with Gasteiger partial charge < -0.3 is 5.32 Å². The van der Waals surface area contributed by atoms with Crippen molar-refractivity contribution in [1.82, 2.24) is 5.32 Å². The molecule has 0 bridgehead atoms. The van der Waals surface area contributed by atoms with Crippen molar-refractivity contribution in [3.8, 4) is 0 Å². The fourth-order valence-electron chi connectivity index (χ4n) is 2.49. The predicted octanol–water partition coefficient (Wildman–Crippen LogP) is 4.93. The molecule has 126 valence electrons. The highest BCUT2D eigenvalue weighted by atomic mass is 32.2. The Kier molecular flexibility index (Phi) is 5.46. The highest BCUT2D eigenvalue weighted by molar-refractivity contribution is 8.19. The number of rotatable bonds is 4. The predicted molar refractivity (Wildman–Crippen MR) is 96.3 cm³/mol. The van der Waals surface area contributed by atoms with E-state index in [1.165, 1.54) is 11.6 Å². The van der Waals surface area contributed by atoms with Gasteiger partial charge in [0.1, 0.15) is 0 Å². The summed E-state index contributed by atoms with van der Waals surface area (Å²) in [6.45, 7) is 1.74. The number of benzene rings is 2. The normalized spacial score (nSPS) is 16.1. The summed E-state index contributed by atoms with van der Waals surface area (Å²) >= 11 is 3.83. The average Bonchev–Trinajstić information content (AvgIpc) is 3.12. The Morgan fingerprint density at radius 2 is 1.75 bits per heavy atom. The number of hydrogen-bond acceptors (Lipinski definition) is 3. The van der Waals surface area contributed by atoms with E-state index in [4.69, 9.17) is 0 Å². The molecule has 1 saturated heterocycles. The van der Waals surface area contributed by atoms with Gasteiger partial charge in [-0.3, -0.25) is 4.79 Å². The van der Waals surface area contributed by atoms with Crippen LogP contribution >= 0.6 is 23.5 Å². The minimum atomic E-state index is -0.912. The molecule has 1 aliphatic heterocycles. The average molecular weight is 365 g/mol. The zero-order valence-electron chi connectivity index (χ0n) is 13.1. The second-order valence-electron chi connectivity index (χ2n) is 5.56. The first-order chi connectivity index (χ1) is 11.5. The molecule has 1 aliphatic rings. The van der Waals surface area contributed by atoms with E-state index in [1.807, 2.05) is 47.8 Å². The summed E-state index contributed by atoms with van der Waals surface area (Å²) < 4.78 is 26.7. The van der Waals surface area contributed by atoms with Gasteiger partial charge in [-0.2, -0.15) is 0 Å². The molecule has 3 rings (SSSR count). The van der Waals surface area contributed by atoms with Crippen LogP contribution in [0.5, 0.6) is 0 Å². The maximum atomic E-state index is 13.3. The van der Waals surface area contributed by atoms with E-state index in [9.17, 15) is 13.6 Å². The van der Waals surface area contributed by atoms with Crippen molar-refractivity contribution < 1.29 is 13.6 Å². The second kappa shape index (κ2) is 7.57. The lowest BCUT2D eigenvalue weighted by molar-refractivity contribution is 0.0940. The minimum Gasteiger partial charge on any atom is -0.346 e. The fraction of sp³-hybridized carbons (Fsp3) is 0.278. The zero-order valence-corrected chi connectivity index (χ0v) is 14.7. The molecule has 2 nitrogen and oxygen atoms in total. The van der Waals surface area contributed by atoms with E-state index in [2.05, 4.69) is 5.32 Å². The van der Waals surface area contributed by atoms with E-state index in [-0.39, 0.29) is 5.91 Å². The summed E-state index contributed by atoms with van der Waals surface area (Å²) in [4.78, 5) is 12.3. The molecule has 0 unspecified atom stereocenters. The minimum absolute atomic E-state index is 0.231. The van der Waals surface area contributed by atoms with E-state index >= 15 is 0 Å². The van der Waals surface area contributed by atoms with Gasteiger partial charge in [-0.25, -0.2) is 8.78 Å². The van der Waals surface area contributed by atoms with Gasteiger partial charge in [-0.05, 0) is 42.3 Å². The van der Waals surface area contributed by atoms with E-state index in [1.54, 1.807) is 6.92 Å². The third-order valence-electron chi connectivity index (χ3n) is 3.86. The molecule has 6 heteroatoms. The van der Waals surface area contributed by atoms with Gasteiger partial charge in [0.05, 0.1) is 10.6 Å². The quantitative estimate of drug-likeness (QED) is 0.833. The number of hydrogen-bond donors (Lipinski definition) is 1. The van der Waals surface area contributed by atoms with Crippen LogP contribution in [0.1, 0.15) is 39.0 Å². The molecule has 2 aromatic carbocycles. The van der Waals surface area contributed by atoms with Crippen LogP contribution < -0.4 is 5.32 Å². The molecule has 0 saturated carbocycles. The number of thioether (sulfide) groups is 2. The Morgan fingerprint density at radius 1 is 1.08 bits per heavy atom. The molecule has 1 amide bonds. The first-order valence-electron chi connectivity index (χ1n) is 7.63. The van der Waals surface area contributed by atoms with Gasteiger partial charge in [-0.1, -0.05) is 18.2 Å². The van der Waals surface area contributed by atoms with Gasteiger partial charge in [0.2, 0.25) is 0 Å². The number of carbonyl (C=O) groups excluding carboxylic acids is 1. The largest absolute Gasteiger partial charge is 0.346 e. The lowest BCUT2D eigenvalue weighted by Gasteiger charge is -2.15. The summed E-state index contributed by atoms with van der Waals surface area (Å²) in [5.74, 6) is 0.276. The lowest BCUT2D eigenvalue weighted by atomic mass is 10.1. The molecule has 24 heavy (non-hydrogen) atoms. The van der Waals surface area contributed by atoms with E-state index in [0.29, 0.717) is 15.7 Å². The van der Waals surface area contributed by atoms with Gasteiger partial charge in [0, 0.05) is 17.1 Å². The molecule has 1 atom stereocenters. The summed E-state index contributed by atoms with van der Waals surface area (Å²) in [6.07, 6.45) is 0. The van der Waals surface area contributed by atoms with Crippen LogP contribution in [-0.4, -0.2) is 17.4 Å². The van der Waals surface area contributed by atoms with E-state index in [0.717, 1.165) is 23.6 Å². The van der Waals surface area contributed by atoms with Crippen molar-refractivity contribution >= 4 is 29.4 Å². The van der Waals surface area contributed by atoms with Crippen molar-refractivity contribution in [3.63, 3.8) is 0 Å². The molecule has 0 aromatic heterocycles. The Hall–Kier alpha value is -1.53. The first kappa shape index (κ1) is 17.3. The van der Waals surface area contributed by atoms with Crippen LogP contribution in [0.3, 0.4) is 0 Å². The van der Waals surface area contributed by atoms with Crippen LogP contribution in [0.15, 0.2) is 42.5 Å². The third kappa shape index (κ3) is 3.92. The first-order valence-corrected chi connectivity index (χ1v) is 9.73. The second-order valence-corrected chi connectivity index (χ2v) is 8.29. The molecule has 0 radical (unpaired) electrons. The SMILES string of the molecule is C[C@@H](NC(=O)c1ccc(C2SCCS2)cc1)c1ccc(F)c(F)c1. The zero-order chi connectivity index (χ0) is 17.1. The van der Waals surface area contributed by atoms with Crippen molar-refractivity contribution in [2.45, 2.75) is 17.5 Å². The number of carbonyl (C=O) groups is 1. The van der Waals surface area contributed by atoms with Gasteiger partial charge in [0.15, 0.2) is 11.6 Å². The Labute approximate surface area is 148 Å². The maximum Gasteiger partial charge on any atom is 0.251 e. The van der Waals surface area contributed by atoms with Crippen molar-refractivity contribution in [3.05, 3.63) is 70.8 Å². The fourth-order valence-corrected chi connectivity index (χ4v) is 5.35. The van der Waals surface area contributed by atoms with Crippen LogP contribution in [0, 0.1) is 11.6 Å². The maximum absolute atomic E-state index is 13.3. The molecular weight excluding hydrogens is 348 g/mol. The molecular formula is C18H17F2NOS2. The van der Waals surface area contributed by atoms with Crippen molar-refractivity contribution in [2.75, 3.05) is 11.5 Å². The van der Waals surface area contributed by atoms with Gasteiger partial charge >= 0.3 is 0 Å². The summed E-state index contributed by atoms with van der Waals surface area (Å²) in [6, 6.07) is 10.8. The molecule has 0 aliphatic carbocycles. The number of nitrogens with one attached hydrogen (secondary N) is 1. The molecule has 1 N–H and O–H groups in total. The highest BCUT2D eigenvalue weighted by Gasteiger charge is 2.19. The highest BCUT2D eigenvalue weighted by Crippen LogP contribution is 2.45. The monoisotopic (exact) mass is 365 g/mol. The topological polar surface area (TPSA) is 29.1 Å². The molecule has 1 fully saturated rings. The van der Waals surface area contributed by atoms with E-state index < -0.39 is 17.7 Å². The number of amides is 1. The molecule has 1 heterocycles. The van der Waals surface area contributed by atoms with Crippen LogP contribution in [0.2, 0.25) is 0 Å². The van der Waals surface area contributed by atoms with Crippen molar-refractivity contribution in [2.24, 2.45) is 0 Å². The summed E-state index contributed by atoms with van der Waals surface area (Å²) in [5, 5.41) is 2.81.